The number of hydrogen-bond acceptors (Lipinski definition) is 12. The van der Waals surface area contributed by atoms with Gasteiger partial charge in [0.1, 0.15) is 33.8 Å². The van der Waals surface area contributed by atoms with Gasteiger partial charge in [0.15, 0.2) is 0 Å². The lowest BCUT2D eigenvalue weighted by Gasteiger charge is -2.34. The highest BCUT2D eigenvalue weighted by Gasteiger charge is 2.24. The van der Waals surface area contributed by atoms with Crippen molar-refractivity contribution in [1.82, 2.24) is 29.4 Å². The van der Waals surface area contributed by atoms with E-state index in [9.17, 15) is 15.0 Å². The van der Waals surface area contributed by atoms with E-state index in [-0.39, 0.29) is 28.8 Å². The molecular formula is C50H80N6O6. The minimum Gasteiger partial charge on any atom is -0.507 e. The summed E-state index contributed by atoms with van der Waals surface area (Å²) in [7, 11) is 8.54. The Morgan fingerprint density at radius 2 is 1.02 bits per heavy atom. The summed E-state index contributed by atoms with van der Waals surface area (Å²) in [6.45, 7) is 24.3. The van der Waals surface area contributed by atoms with Gasteiger partial charge in [0.2, 0.25) is 5.43 Å². The van der Waals surface area contributed by atoms with Gasteiger partial charge in [-0.2, -0.15) is 0 Å². The third kappa shape index (κ3) is 14.8. The standard InChI is InChI=1S/C50H80N6O6/c1-38(2)15-17-40-42(37-57)44(61-34-12-10-22-54-27-31-56(32-28-54)24-14-20-52(7)8)36-45-47(40)50(59)48-46(62-45)35-43(41(49(48)58)18-16-39(3)4)60-33-11-9-21-53-25-29-55(30-26-53)23-13-19-51(5)6/h15-16,35-36,57-58H,9-14,17-34,37H2,1-8H3. The number of aliphatic hydroxyl groups is 1. The number of benzene rings is 2. The van der Waals surface area contributed by atoms with Crippen LogP contribution in [-0.4, -0.2) is 173 Å². The molecule has 3 aromatic rings. The zero-order valence-corrected chi connectivity index (χ0v) is 39.7. The fourth-order valence-electron chi connectivity index (χ4n) is 8.66. The molecule has 0 aliphatic carbocycles. The summed E-state index contributed by atoms with van der Waals surface area (Å²) < 4.78 is 19.4. The lowest BCUT2D eigenvalue weighted by atomic mass is 9.95. The van der Waals surface area contributed by atoms with E-state index in [4.69, 9.17) is 13.9 Å². The highest BCUT2D eigenvalue weighted by atomic mass is 16.5. The second-order valence-corrected chi connectivity index (χ2v) is 18.6. The van der Waals surface area contributed by atoms with Gasteiger partial charge in [-0.3, -0.25) is 4.79 Å². The number of fused-ring (bicyclic) bond motifs is 2. The Labute approximate surface area is 372 Å². The molecule has 3 heterocycles. The summed E-state index contributed by atoms with van der Waals surface area (Å²) in [5.74, 6) is 0.941. The van der Waals surface area contributed by atoms with Crippen LogP contribution in [0.1, 0.15) is 82.9 Å². The van der Waals surface area contributed by atoms with Crippen LogP contribution < -0.4 is 14.9 Å². The third-order valence-corrected chi connectivity index (χ3v) is 12.4. The maximum Gasteiger partial charge on any atom is 0.204 e. The average molecular weight is 861 g/mol. The first-order valence-corrected chi connectivity index (χ1v) is 23.5. The Morgan fingerprint density at radius 1 is 0.613 bits per heavy atom. The summed E-state index contributed by atoms with van der Waals surface area (Å²) in [5, 5.41) is 23.2. The normalized spacial score (nSPS) is 15.9. The number of piperazine rings is 2. The van der Waals surface area contributed by atoms with Crippen molar-refractivity contribution in [3.8, 4) is 17.2 Å². The first-order valence-electron chi connectivity index (χ1n) is 23.5. The van der Waals surface area contributed by atoms with Crippen LogP contribution in [0.2, 0.25) is 0 Å². The SMILES string of the molecule is CC(C)=CCc1c(OCCCCN2CCN(CCCN(C)C)CC2)cc2oc3cc(OCCCCN4CCN(CCCN(C)C)CC4)c(CO)c(CC=C(C)C)c3c(=O)c2c1O. The number of rotatable bonds is 25. The van der Waals surface area contributed by atoms with Crippen LogP contribution in [0.5, 0.6) is 17.2 Å². The minimum absolute atomic E-state index is 0.112. The molecule has 12 nitrogen and oxygen atoms in total. The highest BCUT2D eigenvalue weighted by molar-refractivity contribution is 5.97. The van der Waals surface area contributed by atoms with E-state index in [2.05, 4.69) is 57.6 Å². The molecule has 2 aliphatic rings. The van der Waals surface area contributed by atoms with E-state index in [1.807, 2.05) is 39.8 Å². The molecule has 346 valence electrons. The van der Waals surface area contributed by atoms with E-state index in [0.717, 1.165) is 128 Å². The van der Waals surface area contributed by atoms with Crippen LogP contribution in [0.15, 0.2) is 44.6 Å². The fourth-order valence-corrected chi connectivity index (χ4v) is 8.66. The molecule has 1 aromatic heterocycles. The van der Waals surface area contributed by atoms with E-state index >= 15 is 0 Å². The zero-order chi connectivity index (χ0) is 44.6. The van der Waals surface area contributed by atoms with Gasteiger partial charge >= 0.3 is 0 Å². The van der Waals surface area contributed by atoms with Gasteiger partial charge in [-0.25, -0.2) is 0 Å². The summed E-state index contributed by atoms with van der Waals surface area (Å²) in [4.78, 5) is 29.4. The van der Waals surface area contributed by atoms with Gasteiger partial charge in [0.25, 0.3) is 0 Å². The van der Waals surface area contributed by atoms with Crippen LogP contribution in [0, 0.1) is 0 Å². The predicted molar refractivity (Wildman–Crippen MR) is 255 cm³/mol. The second-order valence-electron chi connectivity index (χ2n) is 18.6. The quantitative estimate of drug-likeness (QED) is 0.0544. The molecule has 0 amide bonds. The topological polar surface area (TPSA) is 109 Å². The van der Waals surface area contributed by atoms with Crippen molar-refractivity contribution in [3.05, 3.63) is 62.3 Å². The molecule has 5 rings (SSSR count). The van der Waals surface area contributed by atoms with Crippen molar-refractivity contribution < 1.29 is 24.1 Å². The first-order chi connectivity index (χ1) is 29.8. The molecule has 2 saturated heterocycles. The maximum absolute atomic E-state index is 14.6. The minimum atomic E-state index is -0.322. The Kier molecular flexibility index (Phi) is 20.1. The number of aromatic hydroxyl groups is 1. The number of allylic oxidation sites excluding steroid dienone is 4. The molecule has 0 atom stereocenters. The van der Waals surface area contributed by atoms with Gasteiger partial charge in [0.05, 0.1) is 25.2 Å². The van der Waals surface area contributed by atoms with Crippen molar-refractivity contribution in [3.63, 3.8) is 0 Å². The number of ether oxygens (including phenoxy) is 2. The van der Waals surface area contributed by atoms with Gasteiger partial charge < -0.3 is 53.5 Å². The summed E-state index contributed by atoms with van der Waals surface area (Å²) in [6.07, 6.45) is 11.1. The van der Waals surface area contributed by atoms with Gasteiger partial charge in [-0.05, 0) is 152 Å². The zero-order valence-electron chi connectivity index (χ0n) is 39.7. The molecule has 12 heteroatoms. The molecule has 2 aromatic carbocycles. The summed E-state index contributed by atoms with van der Waals surface area (Å²) >= 11 is 0. The molecule has 0 bridgehead atoms. The molecule has 0 saturated carbocycles. The Balaban J connectivity index is 1.29. The van der Waals surface area contributed by atoms with Gasteiger partial charge in [0, 0.05) is 75.6 Å². The highest BCUT2D eigenvalue weighted by Crippen LogP contribution is 2.39. The van der Waals surface area contributed by atoms with Gasteiger partial charge in [-0.15, -0.1) is 0 Å². The van der Waals surface area contributed by atoms with Crippen LogP contribution >= 0.6 is 0 Å². The molecule has 62 heavy (non-hydrogen) atoms. The number of phenols is 1. The van der Waals surface area contributed by atoms with E-state index in [1.165, 1.54) is 12.8 Å². The van der Waals surface area contributed by atoms with E-state index in [1.54, 1.807) is 12.1 Å². The maximum atomic E-state index is 14.6. The Bertz CT molecular complexity index is 1970. The Hall–Kier alpha value is -3.49. The lowest BCUT2D eigenvalue weighted by Crippen LogP contribution is -2.47. The summed E-state index contributed by atoms with van der Waals surface area (Å²) in [6, 6.07) is 3.53. The molecular weight excluding hydrogens is 781 g/mol. The van der Waals surface area contributed by atoms with Crippen molar-refractivity contribution in [2.24, 2.45) is 0 Å². The van der Waals surface area contributed by atoms with Crippen molar-refractivity contribution in [2.45, 2.75) is 85.7 Å². The van der Waals surface area contributed by atoms with Crippen LogP contribution in [0.4, 0.5) is 0 Å². The fraction of sp³-hybridized carbons (Fsp3) is 0.660. The van der Waals surface area contributed by atoms with Gasteiger partial charge in [-0.1, -0.05) is 23.3 Å². The molecule has 0 radical (unpaired) electrons. The number of aliphatic hydroxyl groups excluding tert-OH is 1. The largest absolute Gasteiger partial charge is 0.507 e. The van der Waals surface area contributed by atoms with Crippen molar-refractivity contribution >= 4 is 21.9 Å². The van der Waals surface area contributed by atoms with Crippen molar-refractivity contribution in [2.75, 3.05) is 133 Å². The van der Waals surface area contributed by atoms with E-state index in [0.29, 0.717) is 65.2 Å². The first kappa shape index (κ1) is 49.5. The number of phenolic OH excluding ortho intramolecular Hbond substituents is 1. The lowest BCUT2D eigenvalue weighted by molar-refractivity contribution is 0.126. The summed E-state index contributed by atoms with van der Waals surface area (Å²) in [5.41, 5.74) is 4.34. The number of hydrogen-bond donors (Lipinski definition) is 2. The van der Waals surface area contributed by atoms with Crippen molar-refractivity contribution in [1.29, 1.82) is 0 Å². The molecule has 0 spiro atoms. The van der Waals surface area contributed by atoms with Crippen LogP contribution in [0.25, 0.3) is 21.9 Å². The molecule has 2 aliphatic heterocycles. The van der Waals surface area contributed by atoms with Crippen LogP contribution in [-0.2, 0) is 19.4 Å². The predicted octanol–water partition coefficient (Wildman–Crippen LogP) is 6.62. The second kappa shape index (κ2) is 25.1. The Morgan fingerprint density at radius 3 is 1.44 bits per heavy atom. The van der Waals surface area contributed by atoms with Crippen LogP contribution in [0.3, 0.4) is 0 Å². The number of nitrogens with zero attached hydrogens (tertiary/aromatic N) is 6. The molecule has 2 fully saturated rings. The molecule has 0 unspecified atom stereocenters. The third-order valence-electron chi connectivity index (χ3n) is 12.4. The smallest absolute Gasteiger partial charge is 0.204 e. The average Bonchev–Trinajstić information content (AvgIpc) is 3.22. The molecule has 2 N–H and O–H groups in total. The monoisotopic (exact) mass is 861 g/mol. The number of unbranched alkanes of at least 4 members (excludes halogenated alkanes) is 2. The van der Waals surface area contributed by atoms with E-state index < -0.39 is 0 Å².